The summed E-state index contributed by atoms with van der Waals surface area (Å²) < 4.78 is 18.7. The second-order valence-corrected chi connectivity index (χ2v) is 5.95. The van der Waals surface area contributed by atoms with Crippen LogP contribution in [0.5, 0.6) is 0 Å². The maximum Gasteiger partial charge on any atom is 0.191 e. The zero-order chi connectivity index (χ0) is 17.9. The summed E-state index contributed by atoms with van der Waals surface area (Å²) in [4.78, 5) is 6.65. The zero-order valence-corrected chi connectivity index (χ0v) is 15.2. The number of hydrogen-bond acceptors (Lipinski definition) is 3. The van der Waals surface area contributed by atoms with Crippen LogP contribution in [0.1, 0.15) is 24.9 Å². The molecule has 0 aliphatic carbocycles. The first-order chi connectivity index (χ1) is 12.2. The maximum absolute atomic E-state index is 13.3. The maximum atomic E-state index is 13.3. The topological polar surface area (TPSA) is 48.9 Å². The molecule has 0 radical (unpaired) electrons. The Morgan fingerprint density at radius 1 is 1.28 bits per heavy atom. The number of morpholine rings is 1. The van der Waals surface area contributed by atoms with Crippen molar-refractivity contribution < 1.29 is 9.13 Å². The van der Waals surface area contributed by atoms with Gasteiger partial charge in [-0.25, -0.2) is 4.39 Å². The van der Waals surface area contributed by atoms with Gasteiger partial charge in [0.1, 0.15) is 5.82 Å². The summed E-state index contributed by atoms with van der Waals surface area (Å²) in [5, 5.41) is 6.70. The molecule has 1 saturated heterocycles. The SMILES string of the molecule is CC=CCCNC(=NC)NCC(c1ccc(F)cc1)N1CCOCC1. The number of allylic oxidation sites excluding steroid dienone is 1. The van der Waals surface area contributed by atoms with Crippen molar-refractivity contribution in [3.05, 3.63) is 47.8 Å². The molecular formula is C19H29FN4O. The van der Waals surface area contributed by atoms with Gasteiger partial charge in [-0.15, -0.1) is 0 Å². The molecule has 0 amide bonds. The number of rotatable bonds is 7. The van der Waals surface area contributed by atoms with Gasteiger partial charge in [0.2, 0.25) is 0 Å². The van der Waals surface area contributed by atoms with Gasteiger partial charge in [-0.1, -0.05) is 24.3 Å². The van der Waals surface area contributed by atoms with E-state index in [4.69, 9.17) is 4.74 Å². The average molecular weight is 348 g/mol. The molecule has 1 aliphatic rings. The smallest absolute Gasteiger partial charge is 0.191 e. The number of guanidine groups is 1. The van der Waals surface area contributed by atoms with Gasteiger partial charge in [0.05, 0.1) is 19.3 Å². The third kappa shape index (κ3) is 6.48. The van der Waals surface area contributed by atoms with E-state index in [0.717, 1.165) is 50.8 Å². The van der Waals surface area contributed by atoms with Gasteiger partial charge in [-0.3, -0.25) is 9.89 Å². The summed E-state index contributed by atoms with van der Waals surface area (Å²) >= 11 is 0. The van der Waals surface area contributed by atoms with Crippen molar-refractivity contribution in [2.45, 2.75) is 19.4 Å². The first-order valence-corrected chi connectivity index (χ1v) is 8.87. The minimum Gasteiger partial charge on any atom is -0.379 e. The summed E-state index contributed by atoms with van der Waals surface area (Å²) in [6, 6.07) is 6.91. The molecule has 1 unspecified atom stereocenters. The van der Waals surface area contributed by atoms with Gasteiger partial charge >= 0.3 is 0 Å². The molecule has 1 aliphatic heterocycles. The predicted octanol–water partition coefficient (Wildman–Crippen LogP) is 2.33. The molecule has 1 heterocycles. The molecule has 6 heteroatoms. The van der Waals surface area contributed by atoms with E-state index in [-0.39, 0.29) is 11.9 Å². The molecule has 1 aromatic rings. The van der Waals surface area contributed by atoms with Crippen molar-refractivity contribution in [1.29, 1.82) is 0 Å². The monoisotopic (exact) mass is 348 g/mol. The molecule has 0 spiro atoms. The third-order valence-electron chi connectivity index (χ3n) is 4.27. The van der Waals surface area contributed by atoms with Crippen LogP contribution in [-0.4, -0.2) is 57.3 Å². The molecule has 1 aromatic carbocycles. The van der Waals surface area contributed by atoms with Crippen LogP contribution in [0.15, 0.2) is 41.4 Å². The van der Waals surface area contributed by atoms with Crippen LogP contribution in [-0.2, 0) is 4.74 Å². The summed E-state index contributed by atoms with van der Waals surface area (Å²) in [6.45, 7) is 6.76. The van der Waals surface area contributed by atoms with Crippen LogP contribution < -0.4 is 10.6 Å². The molecular weight excluding hydrogens is 319 g/mol. The van der Waals surface area contributed by atoms with Gasteiger partial charge < -0.3 is 15.4 Å². The van der Waals surface area contributed by atoms with Gasteiger partial charge in [-0.2, -0.15) is 0 Å². The second kappa shape index (κ2) is 10.8. The van der Waals surface area contributed by atoms with Crippen LogP contribution in [0, 0.1) is 5.82 Å². The van der Waals surface area contributed by atoms with Crippen LogP contribution >= 0.6 is 0 Å². The summed E-state index contributed by atoms with van der Waals surface area (Å²) in [6.07, 6.45) is 5.12. The van der Waals surface area contributed by atoms with E-state index in [0.29, 0.717) is 6.54 Å². The van der Waals surface area contributed by atoms with Crippen molar-refractivity contribution >= 4 is 5.96 Å². The number of benzene rings is 1. The minimum absolute atomic E-state index is 0.151. The standard InChI is InChI=1S/C19H29FN4O/c1-3-4-5-10-22-19(21-2)23-15-18(24-11-13-25-14-12-24)16-6-8-17(20)9-7-16/h3-4,6-9,18H,5,10-15H2,1-2H3,(H2,21,22,23). The highest BCUT2D eigenvalue weighted by Gasteiger charge is 2.22. The normalized spacial score (nSPS) is 17.6. The van der Waals surface area contributed by atoms with E-state index in [1.165, 1.54) is 12.1 Å². The quantitative estimate of drug-likeness (QED) is 0.344. The van der Waals surface area contributed by atoms with E-state index in [2.05, 4.69) is 26.6 Å². The highest BCUT2D eigenvalue weighted by molar-refractivity contribution is 5.79. The Balaban J connectivity index is 1.98. The molecule has 0 aromatic heterocycles. The Labute approximate surface area is 150 Å². The summed E-state index contributed by atoms with van der Waals surface area (Å²) in [7, 11) is 1.77. The fraction of sp³-hybridized carbons (Fsp3) is 0.526. The van der Waals surface area contributed by atoms with Gasteiger partial charge in [-0.05, 0) is 31.0 Å². The molecule has 138 valence electrons. The lowest BCUT2D eigenvalue weighted by molar-refractivity contribution is 0.0170. The van der Waals surface area contributed by atoms with Gasteiger partial charge in [0.15, 0.2) is 5.96 Å². The Morgan fingerprint density at radius 3 is 2.64 bits per heavy atom. The fourth-order valence-electron chi connectivity index (χ4n) is 2.89. The van der Waals surface area contributed by atoms with Crippen molar-refractivity contribution in [2.24, 2.45) is 4.99 Å². The van der Waals surface area contributed by atoms with Crippen LogP contribution in [0.4, 0.5) is 4.39 Å². The molecule has 1 atom stereocenters. The molecule has 1 fully saturated rings. The van der Waals surface area contributed by atoms with E-state index in [1.807, 2.05) is 25.1 Å². The average Bonchev–Trinajstić information content (AvgIpc) is 2.66. The first kappa shape index (κ1) is 19.4. The molecule has 25 heavy (non-hydrogen) atoms. The fourth-order valence-corrected chi connectivity index (χ4v) is 2.89. The number of hydrogen-bond donors (Lipinski definition) is 2. The predicted molar refractivity (Wildman–Crippen MR) is 100 cm³/mol. The van der Waals surface area contributed by atoms with Crippen molar-refractivity contribution in [2.75, 3.05) is 46.4 Å². The molecule has 5 nitrogen and oxygen atoms in total. The molecule has 2 N–H and O–H groups in total. The second-order valence-electron chi connectivity index (χ2n) is 5.95. The van der Waals surface area contributed by atoms with Crippen LogP contribution in [0.2, 0.25) is 0 Å². The zero-order valence-electron chi connectivity index (χ0n) is 15.2. The highest BCUT2D eigenvalue weighted by atomic mass is 19.1. The minimum atomic E-state index is -0.209. The van der Waals surface area contributed by atoms with E-state index >= 15 is 0 Å². The Morgan fingerprint density at radius 2 is 2.00 bits per heavy atom. The van der Waals surface area contributed by atoms with Crippen molar-refractivity contribution in [3.63, 3.8) is 0 Å². The number of ether oxygens (including phenoxy) is 1. The van der Waals surface area contributed by atoms with Crippen molar-refractivity contribution in [3.8, 4) is 0 Å². The number of nitrogens with zero attached hydrogens (tertiary/aromatic N) is 2. The summed E-state index contributed by atoms with van der Waals surface area (Å²) in [5.74, 6) is 0.573. The van der Waals surface area contributed by atoms with Crippen molar-refractivity contribution in [1.82, 2.24) is 15.5 Å². The van der Waals surface area contributed by atoms with E-state index in [1.54, 1.807) is 7.05 Å². The van der Waals surface area contributed by atoms with E-state index in [9.17, 15) is 4.39 Å². The molecule has 2 rings (SSSR count). The summed E-state index contributed by atoms with van der Waals surface area (Å²) in [5.41, 5.74) is 1.10. The van der Waals surface area contributed by atoms with Crippen LogP contribution in [0.25, 0.3) is 0 Å². The highest BCUT2D eigenvalue weighted by Crippen LogP contribution is 2.21. The number of aliphatic imine (C=N–C) groups is 1. The Kier molecular flexibility index (Phi) is 8.42. The Hall–Kier alpha value is -1.92. The number of halogens is 1. The van der Waals surface area contributed by atoms with E-state index < -0.39 is 0 Å². The van der Waals surface area contributed by atoms with Gasteiger partial charge in [0, 0.05) is 33.2 Å². The lowest BCUT2D eigenvalue weighted by Crippen LogP contribution is -2.46. The molecule has 0 saturated carbocycles. The largest absolute Gasteiger partial charge is 0.379 e. The third-order valence-corrected chi connectivity index (χ3v) is 4.27. The van der Waals surface area contributed by atoms with Gasteiger partial charge in [0.25, 0.3) is 0 Å². The lowest BCUT2D eigenvalue weighted by Gasteiger charge is -2.35. The Bertz CT molecular complexity index is 553. The lowest BCUT2D eigenvalue weighted by atomic mass is 10.0. The first-order valence-electron chi connectivity index (χ1n) is 8.87. The number of nitrogens with one attached hydrogen (secondary N) is 2. The van der Waals surface area contributed by atoms with Crippen LogP contribution in [0.3, 0.4) is 0 Å². The molecule has 0 bridgehead atoms.